The van der Waals surface area contributed by atoms with Crippen LogP contribution in [0.3, 0.4) is 0 Å². The fourth-order valence-corrected chi connectivity index (χ4v) is 7.58. The van der Waals surface area contributed by atoms with Gasteiger partial charge in [-0.3, -0.25) is 0 Å². The third-order valence-electron chi connectivity index (χ3n) is 10.4. The van der Waals surface area contributed by atoms with Crippen molar-refractivity contribution in [2.75, 3.05) is 0 Å². The molecule has 2 aromatic heterocycles. The number of fused-ring (bicyclic) bond motifs is 3. The smallest absolute Gasteiger partial charge is 0.164 e. The van der Waals surface area contributed by atoms with E-state index in [9.17, 15) is 0 Å². The number of hydrogen-bond acceptors (Lipinski definition) is 4. The highest BCUT2D eigenvalue weighted by molar-refractivity contribution is 6.19. The molecule has 0 radical (unpaired) electrons. The monoisotopic (exact) mass is 714 g/mol. The van der Waals surface area contributed by atoms with Gasteiger partial charge in [-0.2, -0.15) is 0 Å². The molecule has 0 aliphatic carbocycles. The van der Waals surface area contributed by atoms with E-state index >= 15 is 0 Å². The summed E-state index contributed by atoms with van der Waals surface area (Å²) in [4.78, 5) is 20.1. The minimum absolute atomic E-state index is 0.640. The maximum absolute atomic E-state index is 5.44. The molecule has 4 nitrogen and oxygen atoms in total. The lowest BCUT2D eigenvalue weighted by Gasteiger charge is -2.16. The summed E-state index contributed by atoms with van der Waals surface area (Å²) in [6.07, 6.45) is 0. The molecule has 2 heterocycles. The molecular weight excluding hydrogens is 681 g/mol. The van der Waals surface area contributed by atoms with Crippen LogP contribution >= 0.6 is 0 Å². The molecule has 0 aliphatic heterocycles. The van der Waals surface area contributed by atoms with E-state index in [2.05, 4.69) is 146 Å². The molecule has 0 fully saturated rings. The molecule has 8 aromatic carbocycles. The Morgan fingerprint density at radius 1 is 0.232 bits per heavy atom. The molecule has 4 heteroatoms. The number of pyridine rings is 1. The molecule has 0 amide bonds. The Morgan fingerprint density at radius 2 is 0.607 bits per heavy atom. The van der Waals surface area contributed by atoms with Gasteiger partial charge < -0.3 is 0 Å². The van der Waals surface area contributed by atoms with Gasteiger partial charge in [-0.15, -0.1) is 0 Å². The van der Waals surface area contributed by atoms with Crippen LogP contribution in [0, 0.1) is 0 Å². The Balaban J connectivity index is 1.03. The van der Waals surface area contributed by atoms with E-state index in [-0.39, 0.29) is 0 Å². The molecule has 0 atom stereocenters. The van der Waals surface area contributed by atoms with E-state index in [1.54, 1.807) is 0 Å². The van der Waals surface area contributed by atoms with E-state index in [1.165, 1.54) is 16.5 Å². The van der Waals surface area contributed by atoms with Crippen LogP contribution in [0.4, 0.5) is 0 Å². The van der Waals surface area contributed by atoms with Crippen molar-refractivity contribution in [2.45, 2.75) is 0 Å². The Bertz CT molecular complexity index is 2910. The highest BCUT2D eigenvalue weighted by atomic mass is 15.0. The molecule has 0 unspecified atom stereocenters. The molecule has 10 rings (SSSR count). The zero-order valence-corrected chi connectivity index (χ0v) is 30.4. The first-order valence-corrected chi connectivity index (χ1v) is 18.8. The number of nitrogens with zero attached hydrogens (tertiary/aromatic N) is 4. The van der Waals surface area contributed by atoms with E-state index in [0.29, 0.717) is 17.5 Å². The second kappa shape index (κ2) is 14.3. The summed E-state index contributed by atoms with van der Waals surface area (Å²) in [5.41, 5.74) is 12.8. The summed E-state index contributed by atoms with van der Waals surface area (Å²) in [6.45, 7) is 0. The minimum atomic E-state index is 0.640. The predicted molar refractivity (Wildman–Crippen MR) is 231 cm³/mol. The summed E-state index contributed by atoms with van der Waals surface area (Å²) in [7, 11) is 0. The first-order chi connectivity index (χ1) is 27.8. The average Bonchev–Trinajstić information content (AvgIpc) is 3.29. The number of hydrogen-bond donors (Lipinski definition) is 0. The molecule has 0 saturated heterocycles. The van der Waals surface area contributed by atoms with Gasteiger partial charge in [-0.05, 0) is 27.8 Å². The van der Waals surface area contributed by atoms with E-state index in [4.69, 9.17) is 19.9 Å². The summed E-state index contributed by atoms with van der Waals surface area (Å²) < 4.78 is 0. The number of rotatable bonds is 7. The molecule has 0 saturated carbocycles. The SMILES string of the molecule is c1ccc(-c2nc(-c3ccccc3)nc(-c3ccc(-c4ccc(-c5cccc6c5nc(-c5ccccc5)c5cccc(-c7ccccc7)c56)cc4)cc3)n2)cc1. The lowest BCUT2D eigenvalue weighted by atomic mass is 9.91. The van der Waals surface area contributed by atoms with Gasteiger partial charge in [0.25, 0.3) is 0 Å². The number of benzene rings is 8. The zero-order valence-electron chi connectivity index (χ0n) is 30.4. The van der Waals surface area contributed by atoms with Crippen LogP contribution in [0.1, 0.15) is 0 Å². The van der Waals surface area contributed by atoms with Crippen molar-refractivity contribution in [3.05, 3.63) is 206 Å². The van der Waals surface area contributed by atoms with Gasteiger partial charge in [-0.1, -0.05) is 206 Å². The summed E-state index contributed by atoms with van der Waals surface area (Å²) in [5.74, 6) is 1.94. The van der Waals surface area contributed by atoms with Crippen LogP contribution in [0.25, 0.3) is 100 Å². The fourth-order valence-electron chi connectivity index (χ4n) is 7.58. The topological polar surface area (TPSA) is 51.6 Å². The van der Waals surface area contributed by atoms with Gasteiger partial charge in [0, 0.05) is 44.0 Å². The maximum Gasteiger partial charge on any atom is 0.164 e. The molecule has 56 heavy (non-hydrogen) atoms. The van der Waals surface area contributed by atoms with Crippen molar-refractivity contribution in [2.24, 2.45) is 0 Å². The minimum Gasteiger partial charge on any atom is -0.246 e. The Kier molecular flexibility index (Phi) is 8.47. The quantitative estimate of drug-likeness (QED) is 0.154. The summed E-state index contributed by atoms with van der Waals surface area (Å²) in [6, 6.07) is 71.7. The van der Waals surface area contributed by atoms with Crippen molar-refractivity contribution < 1.29 is 0 Å². The van der Waals surface area contributed by atoms with E-state index in [1.807, 2.05) is 60.7 Å². The van der Waals surface area contributed by atoms with Crippen molar-refractivity contribution >= 4 is 21.7 Å². The van der Waals surface area contributed by atoms with Gasteiger partial charge >= 0.3 is 0 Å². The van der Waals surface area contributed by atoms with Crippen molar-refractivity contribution in [1.29, 1.82) is 0 Å². The molecule has 262 valence electrons. The molecular formula is C52H34N4. The normalized spacial score (nSPS) is 11.2. The van der Waals surface area contributed by atoms with Crippen molar-refractivity contribution in [1.82, 2.24) is 19.9 Å². The highest BCUT2D eigenvalue weighted by Crippen LogP contribution is 2.41. The van der Waals surface area contributed by atoms with Crippen LogP contribution in [0.2, 0.25) is 0 Å². The first-order valence-electron chi connectivity index (χ1n) is 18.8. The average molecular weight is 715 g/mol. The molecule has 0 N–H and O–H groups in total. The third-order valence-corrected chi connectivity index (χ3v) is 10.4. The summed E-state index contributed by atoms with van der Waals surface area (Å²) in [5, 5.41) is 3.50. The van der Waals surface area contributed by atoms with Gasteiger partial charge in [0.2, 0.25) is 0 Å². The second-order valence-corrected chi connectivity index (χ2v) is 13.8. The number of para-hydroxylation sites is 1. The van der Waals surface area contributed by atoms with Crippen molar-refractivity contribution in [3.63, 3.8) is 0 Å². The lowest BCUT2D eigenvalue weighted by molar-refractivity contribution is 1.07. The van der Waals surface area contributed by atoms with Crippen LogP contribution < -0.4 is 0 Å². The van der Waals surface area contributed by atoms with Crippen LogP contribution in [0.5, 0.6) is 0 Å². The lowest BCUT2D eigenvalue weighted by Crippen LogP contribution is -2.00. The van der Waals surface area contributed by atoms with Gasteiger partial charge in [0.05, 0.1) is 11.2 Å². The highest BCUT2D eigenvalue weighted by Gasteiger charge is 2.17. The number of aromatic nitrogens is 4. The Morgan fingerprint density at radius 3 is 1.12 bits per heavy atom. The molecule has 0 aliphatic rings. The maximum atomic E-state index is 5.44. The molecule has 0 bridgehead atoms. The van der Waals surface area contributed by atoms with Crippen LogP contribution in [-0.2, 0) is 0 Å². The van der Waals surface area contributed by atoms with E-state index in [0.717, 1.165) is 66.5 Å². The standard InChI is InChI=1S/C52H34N4/c1-5-15-37(16-6-1)43-23-13-25-45-47(43)46-26-14-24-44(49(46)53-48(45)39-17-7-2-8-18-39)38-31-27-35(28-32-38)36-29-33-42(34-30-36)52-55-50(40-19-9-3-10-20-40)54-51(56-52)41-21-11-4-12-22-41/h1-34H. The van der Waals surface area contributed by atoms with Gasteiger partial charge in [0.1, 0.15) is 0 Å². The first kappa shape index (κ1) is 33.0. The van der Waals surface area contributed by atoms with Gasteiger partial charge in [-0.25, -0.2) is 19.9 Å². The zero-order chi connectivity index (χ0) is 37.3. The fraction of sp³-hybridized carbons (Fsp3) is 0. The van der Waals surface area contributed by atoms with Crippen molar-refractivity contribution in [3.8, 4) is 78.8 Å². The van der Waals surface area contributed by atoms with Crippen LogP contribution in [0.15, 0.2) is 206 Å². The Labute approximate surface area is 325 Å². The second-order valence-electron chi connectivity index (χ2n) is 13.8. The van der Waals surface area contributed by atoms with E-state index < -0.39 is 0 Å². The molecule has 0 spiro atoms. The Hall–Kier alpha value is -7.56. The summed E-state index contributed by atoms with van der Waals surface area (Å²) >= 11 is 0. The van der Waals surface area contributed by atoms with Crippen LogP contribution in [-0.4, -0.2) is 19.9 Å². The predicted octanol–water partition coefficient (Wildman–Crippen LogP) is 13.2. The third kappa shape index (κ3) is 6.19. The molecule has 10 aromatic rings. The van der Waals surface area contributed by atoms with Gasteiger partial charge in [0.15, 0.2) is 17.5 Å². The largest absolute Gasteiger partial charge is 0.246 e.